The Bertz CT molecular complexity index is 338. The van der Waals surface area contributed by atoms with Gasteiger partial charge in [-0.2, -0.15) is 0 Å². The summed E-state index contributed by atoms with van der Waals surface area (Å²) < 4.78 is 1.01. The molecule has 1 N–H and O–H groups in total. The van der Waals surface area contributed by atoms with Crippen LogP contribution in [0.3, 0.4) is 0 Å². The predicted molar refractivity (Wildman–Crippen MR) is 65.7 cm³/mol. The van der Waals surface area contributed by atoms with E-state index in [1.54, 1.807) is 0 Å². The summed E-state index contributed by atoms with van der Waals surface area (Å²) in [5, 5.41) is 2.94. The zero-order chi connectivity index (χ0) is 11.3. The van der Waals surface area contributed by atoms with E-state index in [4.69, 9.17) is 0 Å². The lowest BCUT2D eigenvalue weighted by atomic mass is 10.1. The van der Waals surface area contributed by atoms with E-state index >= 15 is 0 Å². The van der Waals surface area contributed by atoms with Crippen LogP contribution >= 0.6 is 15.9 Å². The third kappa shape index (κ3) is 4.47. The molecule has 1 amide bonds. The largest absolute Gasteiger partial charge is 0.353 e. The van der Waals surface area contributed by atoms with Crippen molar-refractivity contribution in [3.05, 3.63) is 34.3 Å². The van der Waals surface area contributed by atoms with Gasteiger partial charge in [-0.05, 0) is 31.0 Å². The molecule has 1 unspecified atom stereocenters. The summed E-state index contributed by atoms with van der Waals surface area (Å²) in [6.45, 7) is 4.07. The lowest BCUT2D eigenvalue weighted by Gasteiger charge is -2.11. The Morgan fingerprint density at radius 1 is 1.53 bits per heavy atom. The minimum atomic E-state index is 0.0856. The molecule has 1 rings (SSSR count). The summed E-state index contributed by atoms with van der Waals surface area (Å²) in [4.78, 5) is 11.6. The van der Waals surface area contributed by atoms with Crippen LogP contribution in [0.15, 0.2) is 28.7 Å². The van der Waals surface area contributed by atoms with Crippen LogP contribution in [0.5, 0.6) is 0 Å². The molecule has 0 aromatic heterocycles. The third-order valence-electron chi connectivity index (χ3n) is 2.27. The van der Waals surface area contributed by atoms with Gasteiger partial charge in [0.1, 0.15) is 0 Å². The maximum atomic E-state index is 11.6. The van der Waals surface area contributed by atoms with Gasteiger partial charge >= 0.3 is 0 Å². The standard InChI is InChI=1S/C12H16BrNO/c1-3-9(2)14-12(15)8-10-5-4-6-11(13)7-10/h4-7,9H,3,8H2,1-2H3,(H,14,15). The summed E-state index contributed by atoms with van der Waals surface area (Å²) in [5.74, 6) is 0.0856. The topological polar surface area (TPSA) is 29.1 Å². The zero-order valence-electron chi connectivity index (χ0n) is 9.09. The Morgan fingerprint density at radius 2 is 2.27 bits per heavy atom. The molecule has 3 heteroatoms. The summed E-state index contributed by atoms with van der Waals surface area (Å²) >= 11 is 3.38. The minimum Gasteiger partial charge on any atom is -0.353 e. The molecular weight excluding hydrogens is 254 g/mol. The van der Waals surface area contributed by atoms with Crippen LogP contribution < -0.4 is 5.32 Å². The second kappa shape index (κ2) is 5.91. The van der Waals surface area contributed by atoms with Crippen molar-refractivity contribution in [1.29, 1.82) is 0 Å². The Balaban J connectivity index is 2.51. The van der Waals surface area contributed by atoms with Gasteiger partial charge in [0.2, 0.25) is 5.91 Å². The highest BCUT2D eigenvalue weighted by molar-refractivity contribution is 9.10. The molecule has 0 saturated heterocycles. The van der Waals surface area contributed by atoms with E-state index in [2.05, 4.69) is 28.2 Å². The lowest BCUT2D eigenvalue weighted by Crippen LogP contribution is -2.33. The van der Waals surface area contributed by atoms with Gasteiger partial charge in [0.25, 0.3) is 0 Å². The second-order valence-corrected chi connectivity index (χ2v) is 4.60. The van der Waals surface area contributed by atoms with Crippen molar-refractivity contribution < 1.29 is 4.79 Å². The van der Waals surface area contributed by atoms with Crippen LogP contribution in [0.4, 0.5) is 0 Å². The maximum absolute atomic E-state index is 11.6. The van der Waals surface area contributed by atoms with E-state index in [9.17, 15) is 4.79 Å². The fourth-order valence-corrected chi connectivity index (χ4v) is 1.71. The molecule has 0 heterocycles. The van der Waals surface area contributed by atoms with Gasteiger partial charge in [0.05, 0.1) is 6.42 Å². The summed E-state index contributed by atoms with van der Waals surface area (Å²) in [6, 6.07) is 8.08. The molecule has 1 aromatic rings. The first kappa shape index (κ1) is 12.2. The highest BCUT2D eigenvalue weighted by Gasteiger charge is 2.06. The summed E-state index contributed by atoms with van der Waals surface area (Å²) in [6.07, 6.45) is 1.41. The molecular formula is C12H16BrNO. The van der Waals surface area contributed by atoms with Crippen molar-refractivity contribution in [2.45, 2.75) is 32.7 Å². The number of benzene rings is 1. The van der Waals surface area contributed by atoms with Crippen LogP contribution in [0.1, 0.15) is 25.8 Å². The van der Waals surface area contributed by atoms with E-state index in [-0.39, 0.29) is 11.9 Å². The van der Waals surface area contributed by atoms with Crippen molar-refractivity contribution in [3.63, 3.8) is 0 Å². The first-order valence-electron chi connectivity index (χ1n) is 5.15. The molecule has 1 aromatic carbocycles. The van der Waals surface area contributed by atoms with Gasteiger partial charge in [0, 0.05) is 10.5 Å². The smallest absolute Gasteiger partial charge is 0.224 e. The Morgan fingerprint density at radius 3 is 2.87 bits per heavy atom. The van der Waals surface area contributed by atoms with Crippen LogP contribution in [0.25, 0.3) is 0 Å². The average Bonchev–Trinajstić information content (AvgIpc) is 2.17. The molecule has 0 aliphatic rings. The molecule has 0 radical (unpaired) electrons. The number of nitrogens with one attached hydrogen (secondary N) is 1. The minimum absolute atomic E-state index is 0.0856. The van der Waals surface area contributed by atoms with Gasteiger partial charge < -0.3 is 5.32 Å². The molecule has 82 valence electrons. The molecule has 0 saturated carbocycles. The van der Waals surface area contributed by atoms with Gasteiger partial charge in [-0.25, -0.2) is 0 Å². The molecule has 1 atom stereocenters. The number of hydrogen-bond donors (Lipinski definition) is 1. The van der Waals surface area contributed by atoms with Crippen LogP contribution in [-0.2, 0) is 11.2 Å². The van der Waals surface area contributed by atoms with E-state index in [1.807, 2.05) is 31.2 Å². The predicted octanol–water partition coefficient (Wildman–Crippen LogP) is 2.91. The number of carbonyl (C=O) groups excluding carboxylic acids is 1. The number of carbonyl (C=O) groups is 1. The Hall–Kier alpha value is -0.830. The fraction of sp³-hybridized carbons (Fsp3) is 0.417. The fourth-order valence-electron chi connectivity index (χ4n) is 1.26. The van der Waals surface area contributed by atoms with Gasteiger partial charge in [-0.3, -0.25) is 4.79 Å². The quantitative estimate of drug-likeness (QED) is 0.895. The maximum Gasteiger partial charge on any atom is 0.224 e. The summed E-state index contributed by atoms with van der Waals surface area (Å²) in [5.41, 5.74) is 1.03. The summed E-state index contributed by atoms with van der Waals surface area (Å²) in [7, 11) is 0. The number of hydrogen-bond acceptors (Lipinski definition) is 1. The van der Waals surface area contributed by atoms with Crippen LogP contribution in [0.2, 0.25) is 0 Å². The van der Waals surface area contributed by atoms with E-state index < -0.39 is 0 Å². The van der Waals surface area contributed by atoms with E-state index in [1.165, 1.54) is 0 Å². The SMILES string of the molecule is CCC(C)NC(=O)Cc1cccc(Br)c1. The van der Waals surface area contributed by atoms with Crippen molar-refractivity contribution in [2.24, 2.45) is 0 Å². The first-order valence-corrected chi connectivity index (χ1v) is 5.95. The second-order valence-electron chi connectivity index (χ2n) is 3.68. The normalized spacial score (nSPS) is 12.2. The van der Waals surface area contributed by atoms with Crippen molar-refractivity contribution in [1.82, 2.24) is 5.32 Å². The van der Waals surface area contributed by atoms with Crippen molar-refractivity contribution in [2.75, 3.05) is 0 Å². The molecule has 2 nitrogen and oxygen atoms in total. The Kier molecular flexibility index (Phi) is 4.82. The third-order valence-corrected chi connectivity index (χ3v) is 2.77. The molecule has 15 heavy (non-hydrogen) atoms. The van der Waals surface area contributed by atoms with Gasteiger partial charge in [-0.1, -0.05) is 35.0 Å². The molecule has 0 bridgehead atoms. The molecule has 0 aliphatic carbocycles. The van der Waals surface area contributed by atoms with Crippen molar-refractivity contribution >= 4 is 21.8 Å². The van der Waals surface area contributed by atoms with Gasteiger partial charge in [-0.15, -0.1) is 0 Å². The van der Waals surface area contributed by atoms with Crippen LogP contribution in [0, 0.1) is 0 Å². The monoisotopic (exact) mass is 269 g/mol. The number of halogens is 1. The van der Waals surface area contributed by atoms with Crippen molar-refractivity contribution in [3.8, 4) is 0 Å². The van der Waals surface area contributed by atoms with Gasteiger partial charge in [0.15, 0.2) is 0 Å². The molecule has 0 fully saturated rings. The number of amides is 1. The molecule has 0 spiro atoms. The Labute approximate surface area is 99.2 Å². The zero-order valence-corrected chi connectivity index (χ0v) is 10.7. The highest BCUT2D eigenvalue weighted by Crippen LogP contribution is 2.11. The van der Waals surface area contributed by atoms with E-state index in [0.29, 0.717) is 6.42 Å². The highest BCUT2D eigenvalue weighted by atomic mass is 79.9. The number of rotatable bonds is 4. The lowest BCUT2D eigenvalue weighted by molar-refractivity contribution is -0.121. The molecule has 0 aliphatic heterocycles. The first-order chi connectivity index (χ1) is 7.11. The van der Waals surface area contributed by atoms with Crippen LogP contribution in [-0.4, -0.2) is 11.9 Å². The van der Waals surface area contributed by atoms with E-state index in [0.717, 1.165) is 16.5 Å². The average molecular weight is 270 g/mol.